The molecule has 2 saturated carbocycles. The van der Waals surface area contributed by atoms with Gasteiger partial charge in [0.15, 0.2) is 0 Å². The molecule has 0 saturated heterocycles. The molecule has 18 heavy (non-hydrogen) atoms. The first-order chi connectivity index (χ1) is 8.77. The number of benzene rings is 1. The van der Waals surface area contributed by atoms with E-state index in [1.165, 1.54) is 68.1 Å². The molecule has 1 N–H and O–H groups in total. The zero-order chi connectivity index (χ0) is 12.5. The van der Waals surface area contributed by atoms with E-state index in [0.29, 0.717) is 17.6 Å². The first kappa shape index (κ1) is 12.1. The Balaban J connectivity index is 2.05. The molecular weight excluding hydrogens is 220 g/mol. The third-order valence-corrected chi connectivity index (χ3v) is 5.01. The Kier molecular flexibility index (Phi) is 3.32. The maximum atomic E-state index is 10.3. The van der Waals surface area contributed by atoms with Crippen LogP contribution in [0.15, 0.2) is 12.1 Å². The lowest BCUT2D eigenvalue weighted by Crippen LogP contribution is -2.06. The van der Waals surface area contributed by atoms with Gasteiger partial charge in [0.25, 0.3) is 0 Å². The summed E-state index contributed by atoms with van der Waals surface area (Å²) in [4.78, 5) is 0. The molecule has 0 atom stereocenters. The van der Waals surface area contributed by atoms with Crippen molar-refractivity contribution in [3.05, 3.63) is 28.8 Å². The van der Waals surface area contributed by atoms with Crippen LogP contribution in [-0.4, -0.2) is 5.11 Å². The predicted octanol–water partition coefficient (Wildman–Crippen LogP) is 5.02. The lowest BCUT2D eigenvalue weighted by molar-refractivity contribution is 0.457. The molecular formula is C17H24O. The largest absolute Gasteiger partial charge is 0.508 e. The number of aryl methyl sites for hydroxylation is 1. The molecule has 1 nitrogen and oxygen atoms in total. The fourth-order valence-corrected chi connectivity index (χ4v) is 4.13. The summed E-state index contributed by atoms with van der Waals surface area (Å²) in [5.41, 5.74) is 4.24. The average Bonchev–Trinajstić information content (AvgIpc) is 3.02. The second-order valence-corrected chi connectivity index (χ2v) is 6.19. The quantitative estimate of drug-likeness (QED) is 0.774. The summed E-state index contributed by atoms with van der Waals surface area (Å²) in [6.07, 6.45) is 10.6. The van der Waals surface area contributed by atoms with Gasteiger partial charge in [0.05, 0.1) is 0 Å². The Labute approximate surface area is 110 Å². The Morgan fingerprint density at radius 3 is 1.89 bits per heavy atom. The van der Waals surface area contributed by atoms with E-state index >= 15 is 0 Å². The van der Waals surface area contributed by atoms with E-state index in [2.05, 4.69) is 13.0 Å². The van der Waals surface area contributed by atoms with Crippen LogP contribution in [0.3, 0.4) is 0 Å². The van der Waals surface area contributed by atoms with Crippen LogP contribution in [0.2, 0.25) is 0 Å². The van der Waals surface area contributed by atoms with Crippen LogP contribution in [0, 0.1) is 6.92 Å². The summed E-state index contributed by atoms with van der Waals surface area (Å²) in [5, 5.41) is 10.3. The van der Waals surface area contributed by atoms with Crippen LogP contribution in [0.25, 0.3) is 0 Å². The van der Waals surface area contributed by atoms with Crippen LogP contribution in [0.1, 0.15) is 79.9 Å². The van der Waals surface area contributed by atoms with Gasteiger partial charge < -0.3 is 5.11 Å². The Bertz CT molecular complexity index is 382. The summed E-state index contributed by atoms with van der Waals surface area (Å²) in [6.45, 7) is 2.23. The summed E-state index contributed by atoms with van der Waals surface area (Å²) >= 11 is 0. The molecule has 1 aromatic carbocycles. The first-order valence-corrected chi connectivity index (χ1v) is 7.59. The van der Waals surface area contributed by atoms with E-state index in [1.54, 1.807) is 0 Å². The van der Waals surface area contributed by atoms with E-state index < -0.39 is 0 Å². The van der Waals surface area contributed by atoms with Crippen molar-refractivity contribution in [3.63, 3.8) is 0 Å². The lowest BCUT2D eigenvalue weighted by Gasteiger charge is -2.23. The van der Waals surface area contributed by atoms with Gasteiger partial charge in [0, 0.05) is 5.56 Å². The zero-order valence-electron chi connectivity index (χ0n) is 11.4. The summed E-state index contributed by atoms with van der Waals surface area (Å²) in [6, 6.07) is 4.03. The standard InChI is InChI=1S/C17H24O/c1-12-10-11-15(18)17(14-8-4-5-9-14)16(12)13-6-2-3-7-13/h10-11,13-14,18H,2-9H2,1H3. The molecule has 2 aliphatic rings. The van der Waals surface area contributed by atoms with Crippen molar-refractivity contribution in [1.82, 2.24) is 0 Å². The number of rotatable bonds is 2. The summed E-state index contributed by atoms with van der Waals surface area (Å²) in [7, 11) is 0. The molecule has 98 valence electrons. The lowest BCUT2D eigenvalue weighted by atomic mass is 9.82. The molecule has 0 radical (unpaired) electrons. The van der Waals surface area contributed by atoms with Gasteiger partial charge in [0.1, 0.15) is 5.75 Å². The highest BCUT2D eigenvalue weighted by atomic mass is 16.3. The molecule has 0 spiro atoms. The minimum atomic E-state index is 0.564. The maximum absolute atomic E-state index is 10.3. The van der Waals surface area contributed by atoms with Crippen LogP contribution in [-0.2, 0) is 0 Å². The van der Waals surface area contributed by atoms with E-state index in [-0.39, 0.29) is 0 Å². The monoisotopic (exact) mass is 244 g/mol. The number of hydrogen-bond donors (Lipinski definition) is 1. The highest BCUT2D eigenvalue weighted by Gasteiger charge is 2.28. The van der Waals surface area contributed by atoms with E-state index in [4.69, 9.17) is 0 Å². The molecule has 3 rings (SSSR count). The van der Waals surface area contributed by atoms with Crippen molar-refractivity contribution in [2.75, 3.05) is 0 Å². The average molecular weight is 244 g/mol. The van der Waals surface area contributed by atoms with Gasteiger partial charge in [-0.3, -0.25) is 0 Å². The molecule has 0 bridgehead atoms. The molecule has 0 heterocycles. The van der Waals surface area contributed by atoms with E-state index in [9.17, 15) is 5.11 Å². The van der Waals surface area contributed by atoms with Crippen molar-refractivity contribution >= 4 is 0 Å². The topological polar surface area (TPSA) is 20.2 Å². The first-order valence-electron chi connectivity index (χ1n) is 7.59. The SMILES string of the molecule is Cc1ccc(O)c(C2CCCC2)c1C1CCCC1. The minimum absolute atomic E-state index is 0.564. The normalized spacial score (nSPS) is 21.8. The Morgan fingerprint density at radius 1 is 0.833 bits per heavy atom. The highest BCUT2D eigenvalue weighted by molar-refractivity contribution is 5.48. The summed E-state index contributed by atoms with van der Waals surface area (Å²) in [5.74, 6) is 1.91. The van der Waals surface area contributed by atoms with Crippen LogP contribution >= 0.6 is 0 Å². The number of aromatic hydroxyl groups is 1. The van der Waals surface area contributed by atoms with Gasteiger partial charge in [-0.15, -0.1) is 0 Å². The Morgan fingerprint density at radius 2 is 1.33 bits per heavy atom. The second kappa shape index (κ2) is 4.95. The van der Waals surface area contributed by atoms with Crippen molar-refractivity contribution < 1.29 is 5.11 Å². The third-order valence-electron chi connectivity index (χ3n) is 5.01. The smallest absolute Gasteiger partial charge is 0.119 e. The second-order valence-electron chi connectivity index (χ2n) is 6.19. The molecule has 0 aliphatic heterocycles. The number of phenolic OH excluding ortho intramolecular Hbond substituents is 1. The predicted molar refractivity (Wildman–Crippen MR) is 75.3 cm³/mol. The van der Waals surface area contributed by atoms with Gasteiger partial charge in [0.2, 0.25) is 0 Å². The van der Waals surface area contributed by atoms with Crippen LogP contribution < -0.4 is 0 Å². The molecule has 1 heteroatoms. The van der Waals surface area contributed by atoms with Gasteiger partial charge in [-0.1, -0.05) is 31.7 Å². The maximum Gasteiger partial charge on any atom is 0.119 e. The van der Waals surface area contributed by atoms with Gasteiger partial charge in [-0.25, -0.2) is 0 Å². The van der Waals surface area contributed by atoms with Gasteiger partial charge >= 0.3 is 0 Å². The number of hydrogen-bond acceptors (Lipinski definition) is 1. The minimum Gasteiger partial charge on any atom is -0.508 e. The van der Waals surface area contributed by atoms with Crippen LogP contribution in [0.5, 0.6) is 5.75 Å². The third kappa shape index (κ3) is 2.04. The van der Waals surface area contributed by atoms with Crippen molar-refractivity contribution in [2.45, 2.75) is 70.1 Å². The molecule has 2 aliphatic carbocycles. The Hall–Kier alpha value is -0.980. The molecule has 0 aromatic heterocycles. The number of phenols is 1. The van der Waals surface area contributed by atoms with Crippen molar-refractivity contribution in [2.24, 2.45) is 0 Å². The molecule has 0 unspecified atom stereocenters. The summed E-state index contributed by atoms with van der Waals surface area (Å²) < 4.78 is 0. The molecule has 2 fully saturated rings. The van der Waals surface area contributed by atoms with Crippen molar-refractivity contribution in [1.29, 1.82) is 0 Å². The fraction of sp³-hybridized carbons (Fsp3) is 0.647. The van der Waals surface area contributed by atoms with Crippen LogP contribution in [0.4, 0.5) is 0 Å². The highest BCUT2D eigenvalue weighted by Crippen LogP contribution is 2.46. The van der Waals surface area contributed by atoms with Gasteiger partial charge in [-0.05, 0) is 61.6 Å². The molecule has 0 amide bonds. The van der Waals surface area contributed by atoms with E-state index in [1.807, 2.05) is 6.07 Å². The zero-order valence-corrected chi connectivity index (χ0v) is 11.4. The fourth-order valence-electron chi connectivity index (χ4n) is 4.13. The van der Waals surface area contributed by atoms with Gasteiger partial charge in [-0.2, -0.15) is 0 Å². The molecule has 1 aromatic rings. The van der Waals surface area contributed by atoms with E-state index in [0.717, 1.165) is 0 Å². The van der Waals surface area contributed by atoms with Crippen molar-refractivity contribution in [3.8, 4) is 5.75 Å².